The van der Waals surface area contributed by atoms with Crippen LogP contribution in [0.25, 0.3) is 0 Å². The van der Waals surface area contributed by atoms with Crippen LogP contribution in [0, 0.1) is 0 Å². The van der Waals surface area contributed by atoms with E-state index >= 15 is 0 Å². The smallest absolute Gasteiger partial charge is 0.312 e. The van der Waals surface area contributed by atoms with Gasteiger partial charge >= 0.3 is 17.0 Å². The highest BCUT2D eigenvalue weighted by molar-refractivity contribution is 7.67. The molecule has 10 heavy (non-hydrogen) atoms. The number of hydrogen-bond acceptors (Lipinski definition) is 4. The third-order valence-corrected chi connectivity index (χ3v) is 1.25. The van der Waals surface area contributed by atoms with E-state index < -0.39 is 11.0 Å². The van der Waals surface area contributed by atoms with Crippen molar-refractivity contribution in [2.45, 2.75) is 0 Å². The van der Waals surface area contributed by atoms with Crippen molar-refractivity contribution >= 4 is 11.0 Å². The molecule has 0 unspecified atom stereocenters. The fourth-order valence-electron chi connectivity index (χ4n) is 0.507. The summed E-state index contributed by atoms with van der Waals surface area (Å²) in [6.07, 6.45) is 3.04. The average Bonchev–Trinajstić information content (AvgIpc) is 2.15. The van der Waals surface area contributed by atoms with Crippen LogP contribution in [0.5, 0.6) is 6.01 Å². The lowest BCUT2D eigenvalue weighted by Gasteiger charge is -1.94. The molecule has 1 aromatic rings. The molecular formula is C4H6N2O3S. The number of imidazole rings is 1. The molecule has 56 valence electrons. The van der Waals surface area contributed by atoms with E-state index in [1.165, 1.54) is 10.8 Å². The fraction of sp³-hybridized carbons (Fsp3) is 0.250. The molecule has 6 heteroatoms. The molecule has 0 bridgehead atoms. The summed E-state index contributed by atoms with van der Waals surface area (Å²) >= 11 is 0. The van der Waals surface area contributed by atoms with Crippen LogP contribution in [0.15, 0.2) is 12.4 Å². The SMILES string of the molecule is Cn1ccnc1O[SH](=O)=O. The van der Waals surface area contributed by atoms with Gasteiger partial charge in [0.15, 0.2) is 0 Å². The molecule has 0 saturated carbocycles. The van der Waals surface area contributed by atoms with Crippen molar-refractivity contribution in [3.8, 4) is 6.01 Å². The van der Waals surface area contributed by atoms with Gasteiger partial charge in [0, 0.05) is 19.4 Å². The van der Waals surface area contributed by atoms with Crippen molar-refractivity contribution in [3.63, 3.8) is 0 Å². The predicted octanol–water partition coefficient (Wildman–Crippen LogP) is -0.675. The first kappa shape index (κ1) is 7.07. The van der Waals surface area contributed by atoms with Gasteiger partial charge in [0.05, 0.1) is 0 Å². The molecule has 1 heterocycles. The molecule has 0 N–H and O–H groups in total. The van der Waals surface area contributed by atoms with Crippen LogP contribution in [0.3, 0.4) is 0 Å². The van der Waals surface area contributed by atoms with E-state index in [1.807, 2.05) is 0 Å². The molecule has 0 saturated heterocycles. The minimum absolute atomic E-state index is 0.0797. The van der Waals surface area contributed by atoms with Gasteiger partial charge in [0.1, 0.15) is 0 Å². The second kappa shape index (κ2) is 2.70. The van der Waals surface area contributed by atoms with Crippen LogP contribution < -0.4 is 4.18 Å². The van der Waals surface area contributed by atoms with Crippen LogP contribution in [-0.2, 0) is 18.0 Å². The molecule has 0 aliphatic carbocycles. The lowest BCUT2D eigenvalue weighted by atomic mass is 10.9. The minimum Gasteiger partial charge on any atom is -0.347 e. The topological polar surface area (TPSA) is 61.2 Å². The van der Waals surface area contributed by atoms with Crippen molar-refractivity contribution < 1.29 is 12.6 Å². The average molecular weight is 162 g/mol. The fourth-order valence-corrected chi connectivity index (χ4v) is 0.816. The van der Waals surface area contributed by atoms with E-state index in [1.54, 1.807) is 13.2 Å². The number of aromatic nitrogens is 2. The maximum absolute atomic E-state index is 9.98. The van der Waals surface area contributed by atoms with Gasteiger partial charge in [0.2, 0.25) is 0 Å². The molecule has 0 spiro atoms. The van der Waals surface area contributed by atoms with E-state index in [-0.39, 0.29) is 6.01 Å². The van der Waals surface area contributed by atoms with Crippen LogP contribution in [0.4, 0.5) is 0 Å². The second-order valence-electron chi connectivity index (χ2n) is 1.64. The van der Waals surface area contributed by atoms with Crippen molar-refractivity contribution in [1.29, 1.82) is 0 Å². The molecule has 1 aromatic heterocycles. The Hall–Kier alpha value is -1.04. The van der Waals surface area contributed by atoms with Gasteiger partial charge in [-0.2, -0.15) is 8.42 Å². The first-order chi connectivity index (χ1) is 4.70. The zero-order chi connectivity index (χ0) is 7.56. The first-order valence-corrected chi connectivity index (χ1v) is 3.59. The highest BCUT2D eigenvalue weighted by Gasteiger charge is 1.98. The highest BCUT2D eigenvalue weighted by atomic mass is 32.2. The van der Waals surface area contributed by atoms with Gasteiger partial charge in [-0.3, -0.25) is 0 Å². The largest absolute Gasteiger partial charge is 0.347 e. The van der Waals surface area contributed by atoms with Crippen molar-refractivity contribution in [2.75, 3.05) is 0 Å². The van der Waals surface area contributed by atoms with Crippen LogP contribution in [-0.4, -0.2) is 18.0 Å². The van der Waals surface area contributed by atoms with E-state index in [2.05, 4.69) is 9.17 Å². The molecule has 0 amide bonds. The van der Waals surface area contributed by atoms with Gasteiger partial charge < -0.3 is 8.75 Å². The standard InChI is InChI=1S/C4H6N2O3S/c1-6-3-2-5-4(6)9-10(7)8/h2-3,10H,1H3. The number of nitrogens with zero attached hydrogens (tertiary/aromatic N) is 2. The molecular weight excluding hydrogens is 156 g/mol. The van der Waals surface area contributed by atoms with E-state index in [9.17, 15) is 8.42 Å². The molecule has 5 nitrogen and oxygen atoms in total. The summed E-state index contributed by atoms with van der Waals surface area (Å²) in [5.74, 6) is 0. The monoisotopic (exact) mass is 162 g/mol. The maximum Gasteiger partial charge on any atom is 0.312 e. The Morgan fingerprint density at radius 2 is 2.40 bits per heavy atom. The number of thiol groups is 1. The highest BCUT2D eigenvalue weighted by Crippen LogP contribution is 2.02. The van der Waals surface area contributed by atoms with E-state index in [4.69, 9.17) is 0 Å². The minimum atomic E-state index is -2.85. The van der Waals surface area contributed by atoms with Crippen LogP contribution in [0.2, 0.25) is 0 Å². The summed E-state index contributed by atoms with van der Waals surface area (Å²) < 4.78 is 25.7. The second-order valence-corrected chi connectivity index (χ2v) is 2.27. The molecule has 0 radical (unpaired) electrons. The molecule has 0 aliphatic heterocycles. The summed E-state index contributed by atoms with van der Waals surface area (Å²) in [7, 11) is -1.21. The molecule has 0 atom stereocenters. The molecule has 0 aliphatic rings. The van der Waals surface area contributed by atoms with Gasteiger partial charge in [-0.1, -0.05) is 0 Å². The van der Waals surface area contributed by atoms with Gasteiger partial charge in [-0.15, -0.1) is 0 Å². The van der Waals surface area contributed by atoms with Gasteiger partial charge in [0.25, 0.3) is 0 Å². The third kappa shape index (κ3) is 1.47. The Labute approximate surface area is 59.4 Å². The van der Waals surface area contributed by atoms with E-state index in [0.29, 0.717) is 0 Å². The lowest BCUT2D eigenvalue weighted by Crippen LogP contribution is -1.96. The van der Waals surface area contributed by atoms with Gasteiger partial charge in [-0.25, -0.2) is 4.98 Å². The summed E-state index contributed by atoms with van der Waals surface area (Å²) in [6.45, 7) is 0. The van der Waals surface area contributed by atoms with Crippen LogP contribution >= 0.6 is 0 Å². The molecule has 0 fully saturated rings. The lowest BCUT2D eigenvalue weighted by molar-refractivity contribution is 0.473. The zero-order valence-electron chi connectivity index (χ0n) is 5.22. The summed E-state index contributed by atoms with van der Waals surface area (Å²) in [6, 6.07) is 0.0797. The van der Waals surface area contributed by atoms with Crippen molar-refractivity contribution in [2.24, 2.45) is 7.05 Å². The summed E-state index contributed by atoms with van der Waals surface area (Å²) in [4.78, 5) is 3.61. The first-order valence-electron chi connectivity index (χ1n) is 2.50. The maximum atomic E-state index is 9.98. The Morgan fingerprint density at radius 3 is 2.80 bits per heavy atom. The Balaban J connectivity index is 2.84. The van der Waals surface area contributed by atoms with Crippen molar-refractivity contribution in [1.82, 2.24) is 9.55 Å². The number of aryl methyl sites for hydroxylation is 1. The van der Waals surface area contributed by atoms with Gasteiger partial charge in [-0.05, 0) is 0 Å². The summed E-state index contributed by atoms with van der Waals surface area (Å²) in [5.41, 5.74) is 0. The van der Waals surface area contributed by atoms with Crippen molar-refractivity contribution in [3.05, 3.63) is 12.4 Å². The Kier molecular flexibility index (Phi) is 1.91. The quantitative estimate of drug-likeness (QED) is 0.585. The predicted molar refractivity (Wildman–Crippen MR) is 34.2 cm³/mol. The molecule has 1 rings (SSSR count). The Morgan fingerprint density at radius 1 is 1.70 bits per heavy atom. The zero-order valence-corrected chi connectivity index (χ0v) is 6.12. The number of rotatable bonds is 2. The number of hydrogen-bond donors (Lipinski definition) is 1. The normalized spacial score (nSPS) is 10.2. The van der Waals surface area contributed by atoms with E-state index in [0.717, 1.165) is 0 Å². The molecule has 0 aromatic carbocycles. The Bertz CT molecular complexity index is 282. The summed E-state index contributed by atoms with van der Waals surface area (Å²) in [5, 5.41) is 0. The van der Waals surface area contributed by atoms with Crippen LogP contribution in [0.1, 0.15) is 0 Å². The third-order valence-electron chi connectivity index (χ3n) is 0.933.